The van der Waals surface area contributed by atoms with Crippen molar-refractivity contribution in [2.24, 2.45) is 0 Å². The van der Waals surface area contributed by atoms with Crippen molar-refractivity contribution < 1.29 is 0 Å². The Bertz CT molecular complexity index is 31.5. The molecule has 0 aliphatic heterocycles. The van der Waals surface area contributed by atoms with Crippen molar-refractivity contribution in [2.45, 2.75) is 6.42 Å². The van der Waals surface area contributed by atoms with Gasteiger partial charge in [0.15, 0.2) is 0 Å². The molecule has 0 nitrogen and oxygen atoms in total. The van der Waals surface area contributed by atoms with E-state index in [1.807, 2.05) is 23.5 Å². The number of thioether (sulfide) groups is 2. The van der Waals surface area contributed by atoms with E-state index in [2.05, 4.69) is 13.2 Å². The van der Waals surface area contributed by atoms with Crippen LogP contribution in [0.5, 0.6) is 0 Å². The number of hydrogen-bond acceptors (Lipinski definition) is 2. The maximum absolute atomic E-state index is 3.76. The Morgan fingerprint density at radius 1 is 1.25 bits per heavy atom. The van der Waals surface area contributed by atoms with Crippen LogP contribution >= 0.6 is 23.5 Å². The van der Waals surface area contributed by atoms with E-state index in [4.69, 9.17) is 0 Å². The Morgan fingerprint density at radius 3 is 2.50 bits per heavy atom. The third kappa shape index (κ3) is 6.70. The zero-order valence-electron chi connectivity index (χ0n) is 5.35. The molecule has 8 heavy (non-hydrogen) atoms. The molecule has 0 fully saturated rings. The minimum atomic E-state index is 1.07. The van der Waals surface area contributed by atoms with Gasteiger partial charge in [0.25, 0.3) is 0 Å². The largest absolute Gasteiger partial charge is 0.165 e. The quantitative estimate of drug-likeness (QED) is 0.550. The van der Waals surface area contributed by atoms with Crippen LogP contribution < -0.4 is 0 Å². The van der Waals surface area contributed by atoms with Gasteiger partial charge in [-0.05, 0) is 18.4 Å². The molecule has 0 aromatic carbocycles. The van der Waals surface area contributed by atoms with Crippen LogP contribution in [0.2, 0.25) is 0 Å². The van der Waals surface area contributed by atoms with Gasteiger partial charge in [-0.2, -0.15) is 23.5 Å². The Morgan fingerprint density at radius 2 is 2.00 bits per heavy atom. The van der Waals surface area contributed by atoms with Gasteiger partial charge in [0.05, 0.1) is 0 Å². The summed E-state index contributed by atoms with van der Waals surface area (Å²) in [6.07, 6.45) is 3.21. The molecule has 0 bridgehead atoms. The highest BCUT2D eigenvalue weighted by atomic mass is 32.2. The summed E-state index contributed by atoms with van der Waals surface area (Å²) in [7, 11) is 0. The fraction of sp³-hybridized carbons (Fsp3) is 0.833. The summed E-state index contributed by atoms with van der Waals surface area (Å²) in [5.74, 6) is 3.79. The predicted molar refractivity (Wildman–Crippen MR) is 45.7 cm³/mol. The summed E-state index contributed by atoms with van der Waals surface area (Å²) in [6, 6.07) is 0. The lowest BCUT2D eigenvalue weighted by Crippen LogP contribution is -1.83. The van der Waals surface area contributed by atoms with Gasteiger partial charge >= 0.3 is 0 Å². The summed E-state index contributed by atoms with van der Waals surface area (Å²) in [5, 5.41) is 0. The maximum atomic E-state index is 3.76. The normalized spacial score (nSPS) is 9.75. The molecular weight excluding hydrogens is 136 g/mol. The summed E-state index contributed by atoms with van der Waals surface area (Å²) < 4.78 is 0. The molecule has 0 aromatic heterocycles. The van der Waals surface area contributed by atoms with E-state index in [0.717, 1.165) is 6.42 Å². The molecule has 0 heterocycles. The molecule has 1 radical (unpaired) electrons. The van der Waals surface area contributed by atoms with E-state index in [9.17, 15) is 0 Å². The Labute approximate surface area is 60.8 Å². The molecule has 0 aliphatic carbocycles. The SMILES string of the molecule is [CH2]CCSCCSC. The van der Waals surface area contributed by atoms with E-state index in [-0.39, 0.29) is 0 Å². The van der Waals surface area contributed by atoms with Gasteiger partial charge in [-0.3, -0.25) is 0 Å². The van der Waals surface area contributed by atoms with Gasteiger partial charge in [-0.1, -0.05) is 6.92 Å². The van der Waals surface area contributed by atoms with Crippen LogP contribution in [-0.4, -0.2) is 23.5 Å². The average Bonchev–Trinajstić information content (AvgIpc) is 1.81. The molecule has 0 N–H and O–H groups in total. The summed E-state index contributed by atoms with van der Waals surface area (Å²) in [6.45, 7) is 3.76. The minimum Gasteiger partial charge on any atom is -0.165 e. The van der Waals surface area contributed by atoms with E-state index < -0.39 is 0 Å². The van der Waals surface area contributed by atoms with Gasteiger partial charge in [-0.15, -0.1) is 0 Å². The standard InChI is InChI=1S/C6H13S2/c1-3-4-8-6-5-7-2/h1,3-6H2,2H3. The van der Waals surface area contributed by atoms with Crippen LogP contribution in [-0.2, 0) is 0 Å². The fourth-order valence-electron chi connectivity index (χ4n) is 0.346. The summed E-state index contributed by atoms with van der Waals surface area (Å²) >= 11 is 3.91. The van der Waals surface area contributed by atoms with Crippen molar-refractivity contribution in [1.82, 2.24) is 0 Å². The molecule has 0 aromatic rings. The zero-order valence-corrected chi connectivity index (χ0v) is 6.99. The second kappa shape index (κ2) is 7.70. The van der Waals surface area contributed by atoms with Crippen LogP contribution in [0.25, 0.3) is 0 Å². The lowest BCUT2D eigenvalue weighted by molar-refractivity contribution is 1.24. The topological polar surface area (TPSA) is 0 Å². The van der Waals surface area contributed by atoms with Crippen LogP contribution in [0.1, 0.15) is 6.42 Å². The molecule has 0 rings (SSSR count). The van der Waals surface area contributed by atoms with Gasteiger partial charge in [0.1, 0.15) is 0 Å². The third-order valence-corrected chi connectivity index (χ3v) is 2.66. The first-order valence-electron chi connectivity index (χ1n) is 2.77. The van der Waals surface area contributed by atoms with Crippen molar-refractivity contribution >= 4 is 23.5 Å². The molecule has 0 aliphatic rings. The third-order valence-electron chi connectivity index (χ3n) is 0.720. The lowest BCUT2D eigenvalue weighted by atomic mass is 10.6. The second-order valence-corrected chi connectivity index (χ2v) is 3.67. The second-order valence-electron chi connectivity index (χ2n) is 1.46. The molecule has 0 spiro atoms. The van der Waals surface area contributed by atoms with Gasteiger partial charge in [0.2, 0.25) is 0 Å². The van der Waals surface area contributed by atoms with Gasteiger partial charge in [-0.25, -0.2) is 0 Å². The molecule has 49 valence electrons. The van der Waals surface area contributed by atoms with Crippen molar-refractivity contribution in [2.75, 3.05) is 23.5 Å². The smallest absolute Gasteiger partial charge is 0.00234 e. The summed E-state index contributed by atoms with van der Waals surface area (Å²) in [4.78, 5) is 0. The van der Waals surface area contributed by atoms with E-state index >= 15 is 0 Å². The van der Waals surface area contributed by atoms with E-state index in [1.54, 1.807) is 0 Å². The predicted octanol–water partition coefficient (Wildman–Crippen LogP) is 2.31. The van der Waals surface area contributed by atoms with E-state index in [0.29, 0.717) is 0 Å². The minimum absolute atomic E-state index is 1.07. The Hall–Kier alpha value is 0.700. The highest BCUT2D eigenvalue weighted by Gasteiger charge is 1.83. The molecule has 0 saturated carbocycles. The molecule has 2 heteroatoms. The molecular formula is C6H13S2. The number of hydrogen-bond donors (Lipinski definition) is 0. The maximum Gasteiger partial charge on any atom is 0.00234 e. The van der Waals surface area contributed by atoms with E-state index in [1.165, 1.54) is 17.3 Å². The van der Waals surface area contributed by atoms with Crippen molar-refractivity contribution in [1.29, 1.82) is 0 Å². The summed E-state index contributed by atoms with van der Waals surface area (Å²) in [5.41, 5.74) is 0. The highest BCUT2D eigenvalue weighted by molar-refractivity contribution is 8.02. The zero-order chi connectivity index (χ0) is 6.24. The van der Waals surface area contributed by atoms with Crippen LogP contribution in [0.15, 0.2) is 0 Å². The van der Waals surface area contributed by atoms with Crippen molar-refractivity contribution in [3.8, 4) is 0 Å². The Kier molecular flexibility index (Phi) is 8.37. The number of rotatable bonds is 5. The van der Waals surface area contributed by atoms with Gasteiger partial charge in [0, 0.05) is 11.5 Å². The van der Waals surface area contributed by atoms with Crippen molar-refractivity contribution in [3.63, 3.8) is 0 Å². The first-order valence-corrected chi connectivity index (χ1v) is 5.32. The van der Waals surface area contributed by atoms with Crippen molar-refractivity contribution in [3.05, 3.63) is 6.92 Å². The van der Waals surface area contributed by atoms with Gasteiger partial charge < -0.3 is 0 Å². The molecule has 0 amide bonds. The van der Waals surface area contributed by atoms with Crippen LogP contribution in [0.4, 0.5) is 0 Å². The van der Waals surface area contributed by atoms with Crippen LogP contribution in [0, 0.1) is 6.92 Å². The Balaban J connectivity index is 2.53. The lowest BCUT2D eigenvalue weighted by Gasteiger charge is -1.94. The highest BCUT2D eigenvalue weighted by Crippen LogP contribution is 2.04. The molecule has 0 atom stereocenters. The first-order chi connectivity index (χ1) is 3.91. The molecule has 0 saturated heterocycles. The first kappa shape index (κ1) is 8.70. The average molecular weight is 149 g/mol. The molecule has 0 unspecified atom stereocenters. The van der Waals surface area contributed by atoms with Crippen LogP contribution in [0.3, 0.4) is 0 Å². The monoisotopic (exact) mass is 149 g/mol. The fourth-order valence-corrected chi connectivity index (χ4v) is 1.89.